The number of amidine groups is 1. The summed E-state index contributed by atoms with van der Waals surface area (Å²) < 4.78 is 5.50. The van der Waals surface area contributed by atoms with Crippen LogP contribution in [0.5, 0.6) is 0 Å². The highest BCUT2D eigenvalue weighted by molar-refractivity contribution is 8.14. The molecule has 5 nitrogen and oxygen atoms in total. The zero-order valence-electron chi connectivity index (χ0n) is 16.5. The third kappa shape index (κ3) is 5.27. The summed E-state index contributed by atoms with van der Waals surface area (Å²) in [7, 11) is 0. The average molecular weight is 394 g/mol. The van der Waals surface area contributed by atoms with Crippen molar-refractivity contribution in [2.45, 2.75) is 76.3 Å². The minimum absolute atomic E-state index is 0.0265. The van der Waals surface area contributed by atoms with Crippen LogP contribution in [0.4, 0.5) is 0 Å². The van der Waals surface area contributed by atoms with Gasteiger partial charge in [-0.3, -0.25) is 14.7 Å². The van der Waals surface area contributed by atoms with Crippen LogP contribution >= 0.6 is 11.8 Å². The quantitative estimate of drug-likeness (QED) is 0.795. The molecule has 4 rings (SSSR count). The summed E-state index contributed by atoms with van der Waals surface area (Å²) in [5, 5.41) is 4.07. The molecule has 2 atom stereocenters. The standard InChI is InChI=1S/C21H35N3O2S/c25-20(23-21-22-18(15-27-21)17-6-2-1-3-7-17)19-8-4-5-11-24(19)14-16-9-12-26-13-10-16/h16-19H,1-15H2,(H,22,23,25)/t18?,19-/m0/s1. The lowest BCUT2D eigenvalue weighted by atomic mass is 9.85. The molecule has 0 aromatic rings. The molecule has 0 aromatic heterocycles. The summed E-state index contributed by atoms with van der Waals surface area (Å²) in [4.78, 5) is 20.4. The van der Waals surface area contributed by atoms with Crippen LogP contribution < -0.4 is 5.32 Å². The number of thioether (sulfide) groups is 1. The number of nitrogens with one attached hydrogen (secondary N) is 1. The monoisotopic (exact) mass is 393 g/mol. The molecular weight excluding hydrogens is 358 g/mol. The fraction of sp³-hybridized carbons (Fsp3) is 0.905. The molecule has 1 amide bonds. The van der Waals surface area contributed by atoms with E-state index in [-0.39, 0.29) is 11.9 Å². The summed E-state index contributed by atoms with van der Waals surface area (Å²) >= 11 is 1.76. The van der Waals surface area contributed by atoms with Gasteiger partial charge in [0.2, 0.25) is 5.91 Å². The number of ether oxygens (including phenoxy) is 1. The van der Waals surface area contributed by atoms with Crippen molar-refractivity contribution in [3.8, 4) is 0 Å². The number of hydrogen-bond donors (Lipinski definition) is 1. The molecule has 0 spiro atoms. The van der Waals surface area contributed by atoms with Gasteiger partial charge in [-0.25, -0.2) is 0 Å². The Morgan fingerprint density at radius 1 is 1.07 bits per heavy atom. The number of carbonyl (C=O) groups excluding carboxylic acids is 1. The maximum atomic E-state index is 13.0. The summed E-state index contributed by atoms with van der Waals surface area (Å²) in [6.45, 7) is 3.86. The van der Waals surface area contributed by atoms with Gasteiger partial charge in [0.05, 0.1) is 12.1 Å². The molecule has 0 radical (unpaired) electrons. The Balaban J connectivity index is 1.31. The Labute approximate surface area is 168 Å². The molecule has 1 N–H and O–H groups in total. The van der Waals surface area contributed by atoms with Gasteiger partial charge in [0.1, 0.15) is 0 Å². The lowest BCUT2D eigenvalue weighted by Crippen LogP contribution is -2.51. The van der Waals surface area contributed by atoms with E-state index in [1.807, 2.05) is 0 Å². The number of likely N-dealkylation sites (tertiary alicyclic amines) is 1. The lowest BCUT2D eigenvalue weighted by Gasteiger charge is -2.37. The first-order valence-corrected chi connectivity index (χ1v) is 12.1. The highest BCUT2D eigenvalue weighted by atomic mass is 32.2. The zero-order valence-corrected chi connectivity index (χ0v) is 17.4. The SMILES string of the molecule is O=C(NC1=NC(C2CCCCC2)CS1)[C@@H]1CCCCN1CC1CCOCC1. The van der Waals surface area contributed by atoms with Crippen LogP contribution in [-0.4, -0.2) is 60.1 Å². The number of carbonyl (C=O) groups is 1. The van der Waals surface area contributed by atoms with Gasteiger partial charge in [0.25, 0.3) is 0 Å². The summed E-state index contributed by atoms with van der Waals surface area (Å²) in [5.41, 5.74) is 0. The summed E-state index contributed by atoms with van der Waals surface area (Å²) in [6, 6.07) is 0.453. The second-order valence-corrected chi connectivity index (χ2v) is 9.77. The Hall–Kier alpha value is -0.590. The average Bonchev–Trinajstić information content (AvgIpc) is 3.18. The van der Waals surface area contributed by atoms with Crippen molar-refractivity contribution in [2.24, 2.45) is 16.8 Å². The predicted molar refractivity (Wildman–Crippen MR) is 111 cm³/mol. The van der Waals surface area contributed by atoms with Crippen molar-refractivity contribution in [1.82, 2.24) is 10.2 Å². The van der Waals surface area contributed by atoms with E-state index in [9.17, 15) is 4.79 Å². The van der Waals surface area contributed by atoms with Gasteiger partial charge in [-0.1, -0.05) is 37.4 Å². The third-order valence-corrected chi connectivity index (χ3v) is 7.84. The largest absolute Gasteiger partial charge is 0.381 e. The molecular formula is C21H35N3O2S. The van der Waals surface area contributed by atoms with E-state index in [0.29, 0.717) is 12.0 Å². The van der Waals surface area contributed by atoms with Crippen LogP contribution in [-0.2, 0) is 9.53 Å². The fourth-order valence-corrected chi connectivity index (χ4v) is 6.23. The molecule has 27 heavy (non-hydrogen) atoms. The topological polar surface area (TPSA) is 53.9 Å². The summed E-state index contributed by atoms with van der Waals surface area (Å²) in [6.07, 6.45) is 12.4. The number of aliphatic imine (C=N–C) groups is 1. The molecule has 152 valence electrons. The summed E-state index contributed by atoms with van der Waals surface area (Å²) in [5.74, 6) is 2.65. The molecule has 3 heterocycles. The molecule has 3 fully saturated rings. The van der Waals surface area contributed by atoms with E-state index in [4.69, 9.17) is 9.73 Å². The van der Waals surface area contributed by atoms with E-state index >= 15 is 0 Å². The first-order valence-electron chi connectivity index (χ1n) is 11.1. The van der Waals surface area contributed by atoms with E-state index in [2.05, 4.69) is 10.2 Å². The number of nitrogens with zero attached hydrogens (tertiary/aromatic N) is 2. The molecule has 0 bridgehead atoms. The minimum Gasteiger partial charge on any atom is -0.381 e. The third-order valence-electron chi connectivity index (χ3n) is 6.85. The van der Waals surface area contributed by atoms with Gasteiger partial charge < -0.3 is 10.1 Å². The van der Waals surface area contributed by atoms with Crippen LogP contribution in [0, 0.1) is 11.8 Å². The Bertz CT molecular complexity index is 530. The highest BCUT2D eigenvalue weighted by Crippen LogP contribution is 2.33. The Morgan fingerprint density at radius 3 is 2.67 bits per heavy atom. The van der Waals surface area contributed by atoms with Crippen molar-refractivity contribution in [3.05, 3.63) is 0 Å². The molecule has 1 unspecified atom stereocenters. The number of piperidine rings is 1. The number of hydrogen-bond acceptors (Lipinski definition) is 5. The highest BCUT2D eigenvalue weighted by Gasteiger charge is 2.33. The fourth-order valence-electron chi connectivity index (χ4n) is 5.17. The molecule has 4 aliphatic rings. The normalized spacial score (nSPS) is 31.6. The number of rotatable bonds is 4. The van der Waals surface area contributed by atoms with Gasteiger partial charge in [0.15, 0.2) is 5.17 Å². The van der Waals surface area contributed by atoms with E-state index < -0.39 is 0 Å². The van der Waals surface area contributed by atoms with E-state index in [1.54, 1.807) is 11.8 Å². The van der Waals surface area contributed by atoms with Crippen molar-refractivity contribution in [3.63, 3.8) is 0 Å². The maximum Gasteiger partial charge on any atom is 0.243 e. The van der Waals surface area contributed by atoms with Gasteiger partial charge in [-0.15, -0.1) is 0 Å². The van der Waals surface area contributed by atoms with Crippen LogP contribution in [0.3, 0.4) is 0 Å². The number of amides is 1. The van der Waals surface area contributed by atoms with Crippen molar-refractivity contribution < 1.29 is 9.53 Å². The second-order valence-electron chi connectivity index (χ2n) is 8.76. The van der Waals surface area contributed by atoms with Crippen LogP contribution in [0.15, 0.2) is 4.99 Å². The van der Waals surface area contributed by atoms with Crippen molar-refractivity contribution >= 4 is 22.8 Å². The minimum atomic E-state index is 0.0265. The maximum absolute atomic E-state index is 13.0. The zero-order chi connectivity index (χ0) is 18.5. The van der Waals surface area contributed by atoms with Crippen molar-refractivity contribution in [2.75, 3.05) is 32.1 Å². The first kappa shape index (κ1) is 19.7. The first-order chi connectivity index (χ1) is 13.3. The van der Waals surface area contributed by atoms with Gasteiger partial charge in [-0.05, 0) is 56.9 Å². The smallest absolute Gasteiger partial charge is 0.243 e. The Morgan fingerprint density at radius 2 is 1.85 bits per heavy atom. The molecule has 1 saturated carbocycles. The lowest BCUT2D eigenvalue weighted by molar-refractivity contribution is -0.126. The molecule has 6 heteroatoms. The Kier molecular flexibility index (Phi) is 7.12. The van der Waals surface area contributed by atoms with Crippen LogP contribution in [0.2, 0.25) is 0 Å². The van der Waals surface area contributed by atoms with Gasteiger partial charge in [0, 0.05) is 25.5 Å². The van der Waals surface area contributed by atoms with E-state index in [1.165, 1.54) is 38.5 Å². The predicted octanol–water partition coefficient (Wildman–Crippen LogP) is 3.44. The van der Waals surface area contributed by atoms with Crippen LogP contribution in [0.1, 0.15) is 64.2 Å². The molecule has 3 aliphatic heterocycles. The van der Waals surface area contributed by atoms with Crippen LogP contribution in [0.25, 0.3) is 0 Å². The second kappa shape index (κ2) is 9.75. The van der Waals surface area contributed by atoms with E-state index in [0.717, 1.165) is 68.8 Å². The molecule has 0 aromatic carbocycles. The van der Waals surface area contributed by atoms with Gasteiger partial charge >= 0.3 is 0 Å². The van der Waals surface area contributed by atoms with Crippen molar-refractivity contribution in [1.29, 1.82) is 0 Å². The van der Waals surface area contributed by atoms with Gasteiger partial charge in [-0.2, -0.15) is 0 Å². The molecule has 2 saturated heterocycles. The molecule has 1 aliphatic carbocycles.